The van der Waals surface area contributed by atoms with Crippen molar-refractivity contribution in [1.82, 2.24) is 4.90 Å². The lowest BCUT2D eigenvalue weighted by atomic mass is 9.55. The van der Waals surface area contributed by atoms with Crippen LogP contribution >= 0.6 is 0 Å². The standard InChI is InChI=1S/C52H58FN3O7/c1-3-26-56(51(59)38-22-20-36(33-54)21-23-38)48-32-46(55-62-34-37-14-6-5-7-15-37)43-30-39(16-10-12-27-57)42(18-11-13-28-58)49-44-31-41(60-35-40-17-8-9-19-45(40)53)24-25-47(44)63-52(48,50(43)49)61-29-4-2/h4-9,14-15,17,19-25,30-31,39,42,48-50,57-58H,2-3,10-13,16,18,26-29,32,34-35H2,1H3. The van der Waals surface area contributed by atoms with Gasteiger partial charge in [0, 0.05) is 48.8 Å². The van der Waals surface area contributed by atoms with E-state index < -0.39 is 17.7 Å². The first-order valence-corrected chi connectivity index (χ1v) is 22.3. The van der Waals surface area contributed by atoms with Crippen molar-refractivity contribution in [3.63, 3.8) is 0 Å². The van der Waals surface area contributed by atoms with Gasteiger partial charge in [-0.3, -0.25) is 4.79 Å². The molecule has 1 saturated carbocycles. The second-order valence-corrected chi connectivity index (χ2v) is 16.6. The highest BCUT2D eigenvalue weighted by atomic mass is 19.1. The fourth-order valence-electron chi connectivity index (χ4n) is 9.77. The van der Waals surface area contributed by atoms with E-state index in [9.17, 15) is 24.7 Å². The number of hydrogen-bond donors (Lipinski definition) is 2. The van der Waals surface area contributed by atoms with Crippen molar-refractivity contribution in [2.45, 2.75) is 89.3 Å². The number of aliphatic hydroxyl groups is 2. The number of carbonyl (C=O) groups is 1. The number of unbranched alkanes of at least 4 members (excludes halogenated alkanes) is 2. The number of amides is 1. The first kappa shape index (κ1) is 45.2. The molecule has 11 heteroatoms. The summed E-state index contributed by atoms with van der Waals surface area (Å²) in [6.45, 7) is 6.99. The number of ether oxygens (including phenoxy) is 3. The Kier molecular flexibility index (Phi) is 15.5. The molecule has 4 aromatic carbocycles. The zero-order valence-electron chi connectivity index (χ0n) is 36.0. The number of fused-ring (bicyclic) bond motifs is 2. The van der Waals surface area contributed by atoms with Crippen LogP contribution in [-0.4, -0.2) is 64.9 Å². The predicted octanol–water partition coefficient (Wildman–Crippen LogP) is 9.66. The summed E-state index contributed by atoms with van der Waals surface area (Å²) in [6, 6.07) is 30.2. The Labute approximate surface area is 370 Å². The number of aliphatic hydroxyl groups excluding tert-OH is 2. The van der Waals surface area contributed by atoms with Crippen LogP contribution in [0.15, 0.2) is 127 Å². The summed E-state index contributed by atoms with van der Waals surface area (Å²) >= 11 is 0. The summed E-state index contributed by atoms with van der Waals surface area (Å²) in [5.41, 5.74) is 4.80. The second kappa shape index (κ2) is 21.5. The fraction of sp³-hybridized carbons (Fsp3) is 0.404. The highest BCUT2D eigenvalue weighted by Crippen LogP contribution is 2.62. The van der Waals surface area contributed by atoms with Crippen LogP contribution in [0.25, 0.3) is 0 Å². The topological polar surface area (TPSA) is 134 Å². The minimum atomic E-state index is -1.44. The molecule has 63 heavy (non-hydrogen) atoms. The third-order valence-electron chi connectivity index (χ3n) is 12.6. The van der Waals surface area contributed by atoms with Crippen molar-refractivity contribution in [3.8, 4) is 17.6 Å². The van der Waals surface area contributed by atoms with Gasteiger partial charge in [0.25, 0.3) is 5.91 Å². The Morgan fingerprint density at radius 1 is 0.984 bits per heavy atom. The normalized spacial score (nSPS) is 22.7. The number of rotatable bonds is 21. The molecule has 0 bridgehead atoms. The minimum absolute atomic E-state index is 0.0132. The third-order valence-corrected chi connectivity index (χ3v) is 12.6. The average molecular weight is 856 g/mol. The van der Waals surface area contributed by atoms with Crippen molar-refractivity contribution >= 4 is 11.6 Å². The first-order valence-electron chi connectivity index (χ1n) is 22.3. The van der Waals surface area contributed by atoms with Gasteiger partial charge in [-0.25, -0.2) is 4.39 Å². The van der Waals surface area contributed by atoms with E-state index in [0.29, 0.717) is 59.7 Å². The lowest BCUT2D eigenvalue weighted by Crippen LogP contribution is -2.70. The van der Waals surface area contributed by atoms with Gasteiger partial charge in [-0.05, 0) is 104 Å². The smallest absolute Gasteiger partial charge is 0.254 e. The molecule has 2 N–H and O–H groups in total. The summed E-state index contributed by atoms with van der Waals surface area (Å²) in [4.78, 5) is 23.0. The molecule has 6 atom stereocenters. The molecule has 0 aromatic heterocycles. The van der Waals surface area contributed by atoms with E-state index in [4.69, 9.17) is 24.2 Å². The van der Waals surface area contributed by atoms with Crippen molar-refractivity contribution in [2.75, 3.05) is 26.4 Å². The quantitative estimate of drug-likeness (QED) is 0.0481. The van der Waals surface area contributed by atoms with Gasteiger partial charge in [0.15, 0.2) is 0 Å². The molecule has 2 aliphatic carbocycles. The van der Waals surface area contributed by atoms with Gasteiger partial charge in [0.1, 0.15) is 36.6 Å². The Morgan fingerprint density at radius 3 is 2.44 bits per heavy atom. The zero-order valence-corrected chi connectivity index (χ0v) is 36.0. The van der Waals surface area contributed by atoms with Crippen LogP contribution in [0.3, 0.4) is 0 Å². The number of carbonyl (C=O) groups excluding carboxylic acids is 1. The maximum Gasteiger partial charge on any atom is 0.254 e. The van der Waals surface area contributed by atoms with Crippen molar-refractivity contribution < 1.29 is 38.4 Å². The number of allylic oxidation sites excluding steroid dienone is 1. The molecule has 1 amide bonds. The van der Waals surface area contributed by atoms with Gasteiger partial charge in [-0.1, -0.05) is 85.6 Å². The van der Waals surface area contributed by atoms with Gasteiger partial charge in [0.2, 0.25) is 5.79 Å². The SMILES string of the molecule is C=CCOC12Oc3ccc(OCc4ccccc4F)cc3C3C(CCCCO)C(CCCCO)C=C(C(=NOCc4ccccc4)CC1N(CCC)C(=O)c1ccc(C#N)cc1)C32. The molecule has 1 heterocycles. The van der Waals surface area contributed by atoms with E-state index >= 15 is 0 Å². The largest absolute Gasteiger partial charge is 0.489 e. The molecular weight excluding hydrogens is 798 g/mol. The molecular formula is C52H58FN3O7. The zero-order chi connectivity index (χ0) is 44.2. The summed E-state index contributed by atoms with van der Waals surface area (Å²) in [5.74, 6) is -1.58. The molecule has 0 saturated heterocycles. The van der Waals surface area contributed by atoms with Gasteiger partial charge >= 0.3 is 0 Å². The summed E-state index contributed by atoms with van der Waals surface area (Å²) in [6.07, 6.45) is 9.34. The average Bonchev–Trinajstić information content (AvgIpc) is 3.31. The van der Waals surface area contributed by atoms with Crippen LogP contribution in [0.1, 0.15) is 96.8 Å². The summed E-state index contributed by atoms with van der Waals surface area (Å²) in [5, 5.41) is 34.4. The van der Waals surface area contributed by atoms with E-state index in [1.54, 1.807) is 48.5 Å². The van der Waals surface area contributed by atoms with Crippen LogP contribution in [0.4, 0.5) is 4.39 Å². The van der Waals surface area contributed by atoms with Crippen molar-refractivity contribution in [1.29, 1.82) is 5.26 Å². The van der Waals surface area contributed by atoms with Gasteiger partial charge in [-0.15, -0.1) is 6.58 Å². The van der Waals surface area contributed by atoms with E-state index in [1.807, 2.05) is 60.4 Å². The van der Waals surface area contributed by atoms with Crippen LogP contribution in [0.2, 0.25) is 0 Å². The van der Waals surface area contributed by atoms with Crippen molar-refractivity contribution in [2.24, 2.45) is 22.9 Å². The van der Waals surface area contributed by atoms with E-state index in [0.717, 1.165) is 42.4 Å². The third kappa shape index (κ3) is 10.0. The van der Waals surface area contributed by atoms with Gasteiger partial charge in [-0.2, -0.15) is 5.26 Å². The lowest BCUT2D eigenvalue weighted by Gasteiger charge is -2.60. The van der Waals surface area contributed by atoms with Crippen LogP contribution < -0.4 is 9.47 Å². The number of hydrogen-bond acceptors (Lipinski definition) is 9. The predicted molar refractivity (Wildman–Crippen MR) is 239 cm³/mol. The molecule has 1 fully saturated rings. The molecule has 330 valence electrons. The maximum absolute atomic E-state index is 15.0. The molecule has 4 aromatic rings. The number of halogens is 1. The molecule has 1 aliphatic heterocycles. The van der Waals surface area contributed by atoms with Gasteiger partial charge in [0.05, 0.1) is 29.9 Å². The Hall–Kier alpha value is -5.80. The first-order chi connectivity index (χ1) is 30.8. The van der Waals surface area contributed by atoms with E-state index in [1.165, 1.54) is 6.07 Å². The Bertz CT molecular complexity index is 2280. The minimum Gasteiger partial charge on any atom is -0.489 e. The second-order valence-electron chi connectivity index (χ2n) is 16.6. The number of oxime groups is 1. The monoisotopic (exact) mass is 855 g/mol. The molecule has 0 radical (unpaired) electrons. The lowest BCUT2D eigenvalue weighted by molar-refractivity contribution is -0.254. The Balaban J connectivity index is 1.43. The molecule has 7 rings (SSSR count). The molecule has 0 spiro atoms. The highest BCUT2D eigenvalue weighted by molar-refractivity contribution is 6.03. The number of nitrogens with zero attached hydrogens (tertiary/aromatic N) is 3. The van der Waals surface area contributed by atoms with Gasteiger partial charge < -0.3 is 34.2 Å². The fourth-order valence-corrected chi connectivity index (χ4v) is 9.77. The van der Waals surface area contributed by atoms with Crippen LogP contribution in [0, 0.1) is 34.9 Å². The Morgan fingerprint density at radius 2 is 1.73 bits per heavy atom. The van der Waals surface area contributed by atoms with Crippen LogP contribution in [-0.2, 0) is 22.8 Å². The van der Waals surface area contributed by atoms with E-state index in [-0.39, 0.29) is 68.9 Å². The molecule has 3 aliphatic rings. The van der Waals surface area contributed by atoms with Crippen molar-refractivity contribution in [3.05, 3.63) is 155 Å². The van der Waals surface area contributed by atoms with Crippen LogP contribution in [0.5, 0.6) is 11.5 Å². The maximum atomic E-state index is 15.0. The highest BCUT2D eigenvalue weighted by Gasteiger charge is 2.65. The number of benzene rings is 4. The van der Waals surface area contributed by atoms with E-state index in [2.05, 4.69) is 18.7 Å². The summed E-state index contributed by atoms with van der Waals surface area (Å²) < 4.78 is 35.6. The number of nitriles is 1. The molecule has 10 nitrogen and oxygen atoms in total. The summed E-state index contributed by atoms with van der Waals surface area (Å²) in [7, 11) is 0. The molecule has 6 unspecified atom stereocenters.